The van der Waals surface area contributed by atoms with Gasteiger partial charge in [0.25, 0.3) is 5.69 Å². The minimum absolute atomic E-state index is 0.0946. The van der Waals surface area contributed by atoms with Crippen LogP contribution in [-0.2, 0) is 11.5 Å². The molecule has 0 aliphatic rings. The first-order valence-corrected chi connectivity index (χ1v) is 14.8. The van der Waals surface area contributed by atoms with Gasteiger partial charge in [-0.2, -0.15) is 0 Å². The maximum absolute atomic E-state index is 14.3. The molecule has 4 rings (SSSR count). The Morgan fingerprint density at radius 2 is 2.00 bits per heavy atom. The van der Waals surface area contributed by atoms with Crippen LogP contribution in [0.15, 0.2) is 49.1 Å². The third kappa shape index (κ3) is 5.62. The van der Waals surface area contributed by atoms with Crippen LogP contribution in [0, 0.1) is 15.9 Å². The molecule has 0 aliphatic carbocycles. The molecule has 3 aromatic heterocycles. The van der Waals surface area contributed by atoms with E-state index in [1.807, 2.05) is 16.8 Å². The number of non-ortho nitro benzene ring substituents is 1. The Morgan fingerprint density at radius 3 is 2.73 bits per heavy atom. The van der Waals surface area contributed by atoms with Crippen LogP contribution in [0.25, 0.3) is 20.8 Å². The molecule has 0 N–H and O–H groups in total. The van der Waals surface area contributed by atoms with Gasteiger partial charge in [-0.15, -0.1) is 11.3 Å². The zero-order valence-corrected chi connectivity index (χ0v) is 20.3. The summed E-state index contributed by atoms with van der Waals surface area (Å²) in [5.41, 5.74) is 1.13. The van der Waals surface area contributed by atoms with E-state index in [0.29, 0.717) is 18.0 Å². The molecule has 11 heteroatoms. The lowest BCUT2D eigenvalue weighted by atomic mass is 10.3. The van der Waals surface area contributed by atoms with Crippen LogP contribution in [0.4, 0.5) is 10.1 Å². The number of thiophene rings is 1. The van der Waals surface area contributed by atoms with Gasteiger partial charge < -0.3 is 14.0 Å². The first-order valence-electron chi connectivity index (χ1n) is 10.3. The van der Waals surface area contributed by atoms with Gasteiger partial charge in [-0.05, 0) is 18.2 Å². The molecule has 3 heterocycles. The van der Waals surface area contributed by atoms with Crippen LogP contribution in [0.5, 0.6) is 11.5 Å². The smallest absolute Gasteiger partial charge is 0.272 e. The molecule has 4 aromatic rings. The molecule has 0 radical (unpaired) electrons. The van der Waals surface area contributed by atoms with Crippen molar-refractivity contribution in [2.45, 2.75) is 32.4 Å². The third-order valence-electron chi connectivity index (χ3n) is 4.84. The van der Waals surface area contributed by atoms with Gasteiger partial charge in [0.15, 0.2) is 11.6 Å². The average molecular weight is 487 g/mol. The number of benzene rings is 1. The number of aromatic nitrogens is 3. The standard InChI is InChI=1S/C22H23FN4O4SSi/c1-33(2,3)9-8-30-14-26-12-18(25-13-26)21-11-17-22(32-21)20(6-7-24-17)31-19-5-4-15(27(28)29)10-16(19)23/h4-7,10-13H,8-9,14H2,1-3H3. The normalized spacial score (nSPS) is 11.8. The van der Waals surface area contributed by atoms with Crippen LogP contribution >= 0.6 is 11.3 Å². The summed E-state index contributed by atoms with van der Waals surface area (Å²) >= 11 is 1.43. The molecule has 0 saturated heterocycles. The Morgan fingerprint density at radius 1 is 1.18 bits per heavy atom. The molecular weight excluding hydrogens is 463 g/mol. The molecule has 1 aromatic carbocycles. The van der Waals surface area contributed by atoms with E-state index >= 15 is 0 Å². The van der Waals surface area contributed by atoms with Gasteiger partial charge in [0.05, 0.1) is 38.1 Å². The van der Waals surface area contributed by atoms with Crippen LogP contribution in [-0.4, -0.2) is 34.1 Å². The Labute approximate surface area is 194 Å². The highest BCUT2D eigenvalue weighted by molar-refractivity contribution is 7.22. The molecule has 0 bridgehead atoms. The molecule has 0 aliphatic heterocycles. The van der Waals surface area contributed by atoms with E-state index < -0.39 is 18.8 Å². The number of halogens is 1. The summed E-state index contributed by atoms with van der Waals surface area (Å²) in [4.78, 5) is 19.9. The third-order valence-corrected chi connectivity index (χ3v) is 7.71. The Kier molecular flexibility index (Phi) is 6.54. The van der Waals surface area contributed by atoms with Gasteiger partial charge in [-0.25, -0.2) is 9.37 Å². The summed E-state index contributed by atoms with van der Waals surface area (Å²) < 4.78 is 28.4. The van der Waals surface area contributed by atoms with Crippen molar-refractivity contribution in [1.82, 2.24) is 14.5 Å². The Bertz CT molecular complexity index is 1300. The highest BCUT2D eigenvalue weighted by Crippen LogP contribution is 2.39. The van der Waals surface area contributed by atoms with Crippen molar-refractivity contribution >= 4 is 35.3 Å². The number of nitro groups is 1. The zero-order chi connectivity index (χ0) is 23.6. The van der Waals surface area contributed by atoms with Gasteiger partial charge in [0.2, 0.25) is 0 Å². The van der Waals surface area contributed by atoms with E-state index in [1.165, 1.54) is 23.5 Å². The maximum atomic E-state index is 14.3. The van der Waals surface area contributed by atoms with Crippen molar-refractivity contribution < 1.29 is 18.8 Å². The minimum Gasteiger partial charge on any atom is -0.453 e. The summed E-state index contributed by atoms with van der Waals surface area (Å²) in [5, 5.41) is 10.8. The molecule has 8 nitrogen and oxygen atoms in total. The van der Waals surface area contributed by atoms with Gasteiger partial charge in [0, 0.05) is 39.2 Å². The second-order valence-electron chi connectivity index (χ2n) is 8.73. The van der Waals surface area contributed by atoms with Crippen molar-refractivity contribution in [1.29, 1.82) is 0 Å². The lowest BCUT2D eigenvalue weighted by molar-refractivity contribution is -0.385. The van der Waals surface area contributed by atoms with Gasteiger partial charge in [-0.3, -0.25) is 15.1 Å². The number of rotatable bonds is 9. The average Bonchev–Trinajstić information content (AvgIpc) is 3.39. The summed E-state index contributed by atoms with van der Waals surface area (Å²) in [6, 6.07) is 7.93. The molecule has 0 saturated carbocycles. The number of ether oxygens (including phenoxy) is 2. The Hall–Kier alpha value is -3.15. The number of nitro benzene ring substituents is 1. The second kappa shape index (κ2) is 9.38. The number of nitrogens with zero attached hydrogens (tertiary/aromatic N) is 4. The predicted octanol–water partition coefficient (Wildman–Crippen LogP) is 6.31. The molecular formula is C22H23FN4O4SSi. The molecule has 0 spiro atoms. The SMILES string of the molecule is C[Si](C)(C)CCOCn1cnc(-c2cc3nccc(Oc4ccc([N+](=O)[O-])cc4F)c3s2)c1. The van der Waals surface area contributed by atoms with Crippen molar-refractivity contribution in [2.24, 2.45) is 0 Å². The first kappa shape index (κ1) is 23.0. The van der Waals surface area contributed by atoms with E-state index in [4.69, 9.17) is 9.47 Å². The van der Waals surface area contributed by atoms with Crippen LogP contribution in [0.3, 0.4) is 0 Å². The molecule has 0 fully saturated rings. The molecule has 33 heavy (non-hydrogen) atoms. The van der Waals surface area contributed by atoms with Crippen LogP contribution < -0.4 is 4.74 Å². The number of hydrogen-bond donors (Lipinski definition) is 0. The van der Waals surface area contributed by atoms with Crippen molar-refractivity contribution in [3.05, 3.63) is 65.0 Å². The second-order valence-corrected chi connectivity index (χ2v) is 15.4. The fraction of sp³-hybridized carbons (Fsp3) is 0.273. The van der Waals surface area contributed by atoms with Crippen molar-refractivity contribution in [3.63, 3.8) is 0 Å². The number of hydrogen-bond acceptors (Lipinski definition) is 7. The van der Waals surface area contributed by atoms with Gasteiger partial charge >= 0.3 is 0 Å². The van der Waals surface area contributed by atoms with Crippen molar-refractivity contribution in [2.75, 3.05) is 6.61 Å². The highest BCUT2D eigenvalue weighted by Gasteiger charge is 2.16. The monoisotopic (exact) mass is 486 g/mol. The van der Waals surface area contributed by atoms with Gasteiger partial charge in [0.1, 0.15) is 12.5 Å². The molecule has 0 unspecified atom stereocenters. The molecule has 172 valence electrons. The quantitative estimate of drug-likeness (QED) is 0.119. The number of imidazole rings is 1. The Balaban J connectivity index is 1.51. The lowest BCUT2D eigenvalue weighted by Gasteiger charge is -2.15. The number of fused-ring (bicyclic) bond motifs is 1. The van der Waals surface area contributed by atoms with Gasteiger partial charge in [-0.1, -0.05) is 19.6 Å². The van der Waals surface area contributed by atoms with E-state index in [9.17, 15) is 14.5 Å². The summed E-state index contributed by atoms with van der Waals surface area (Å²) in [5.74, 6) is -0.486. The van der Waals surface area contributed by atoms with E-state index in [1.54, 1.807) is 18.6 Å². The molecule has 0 atom stereocenters. The summed E-state index contributed by atoms with van der Waals surface area (Å²) in [6.45, 7) is 8.11. The van der Waals surface area contributed by atoms with Crippen molar-refractivity contribution in [3.8, 4) is 22.1 Å². The lowest BCUT2D eigenvalue weighted by Crippen LogP contribution is -2.21. The zero-order valence-electron chi connectivity index (χ0n) is 18.4. The summed E-state index contributed by atoms with van der Waals surface area (Å²) in [6.07, 6.45) is 5.21. The topological polar surface area (TPSA) is 92.3 Å². The van der Waals surface area contributed by atoms with Crippen LogP contribution in [0.2, 0.25) is 25.7 Å². The highest BCUT2D eigenvalue weighted by atomic mass is 32.1. The van der Waals surface area contributed by atoms with E-state index in [2.05, 4.69) is 29.6 Å². The fourth-order valence-corrected chi connectivity index (χ4v) is 4.82. The number of pyridine rings is 1. The molecule has 0 amide bonds. The van der Waals surface area contributed by atoms with E-state index in [-0.39, 0.29) is 11.4 Å². The minimum atomic E-state index is -1.13. The maximum Gasteiger partial charge on any atom is 0.272 e. The van der Waals surface area contributed by atoms with E-state index in [0.717, 1.165) is 34.0 Å². The largest absolute Gasteiger partial charge is 0.453 e. The first-order chi connectivity index (χ1) is 15.7. The fourth-order valence-electron chi connectivity index (χ4n) is 3.03. The predicted molar refractivity (Wildman–Crippen MR) is 128 cm³/mol. The summed E-state index contributed by atoms with van der Waals surface area (Å²) in [7, 11) is -1.13. The van der Waals surface area contributed by atoms with Crippen LogP contribution in [0.1, 0.15) is 0 Å².